The summed E-state index contributed by atoms with van der Waals surface area (Å²) in [7, 11) is 0. The smallest absolute Gasteiger partial charge is 0.253 e. The summed E-state index contributed by atoms with van der Waals surface area (Å²) in [6.07, 6.45) is 3.27. The van der Waals surface area contributed by atoms with Gasteiger partial charge in [0.1, 0.15) is 0 Å². The van der Waals surface area contributed by atoms with Crippen LogP contribution in [0.3, 0.4) is 0 Å². The van der Waals surface area contributed by atoms with Crippen molar-refractivity contribution in [1.29, 1.82) is 0 Å². The van der Waals surface area contributed by atoms with Crippen molar-refractivity contribution in [3.8, 4) is 0 Å². The van der Waals surface area contributed by atoms with Gasteiger partial charge in [-0.05, 0) is 43.9 Å². The lowest BCUT2D eigenvalue weighted by Crippen LogP contribution is -2.47. The van der Waals surface area contributed by atoms with Crippen LogP contribution in [0.1, 0.15) is 49.9 Å². The van der Waals surface area contributed by atoms with E-state index in [0.717, 1.165) is 25.7 Å². The second-order valence-electron chi connectivity index (χ2n) is 6.22. The average molecular weight is 371 g/mol. The van der Waals surface area contributed by atoms with Crippen LogP contribution in [0.5, 0.6) is 0 Å². The number of nitrogens with one attached hydrogen (secondary N) is 1. The fourth-order valence-electron chi connectivity index (χ4n) is 3.02. The summed E-state index contributed by atoms with van der Waals surface area (Å²) in [5.74, 6) is 0.175. The van der Waals surface area contributed by atoms with Crippen LogP contribution < -0.4 is 5.32 Å². The van der Waals surface area contributed by atoms with E-state index in [1.807, 2.05) is 13.8 Å². The number of amides is 2. The molecule has 4 nitrogen and oxygen atoms in total. The van der Waals surface area contributed by atoms with Crippen LogP contribution in [0.15, 0.2) is 18.2 Å². The molecule has 0 bridgehead atoms. The van der Waals surface area contributed by atoms with Crippen molar-refractivity contribution in [1.82, 2.24) is 10.2 Å². The van der Waals surface area contributed by atoms with E-state index in [1.54, 1.807) is 23.1 Å². The quantitative estimate of drug-likeness (QED) is 0.845. The third kappa shape index (κ3) is 4.64. The Hall–Kier alpha value is -1.26. The summed E-state index contributed by atoms with van der Waals surface area (Å²) in [4.78, 5) is 26.5. The molecule has 1 N–H and O–H groups in total. The molecule has 0 atom stereocenters. The van der Waals surface area contributed by atoms with E-state index >= 15 is 0 Å². The minimum atomic E-state index is -0.0432. The topological polar surface area (TPSA) is 49.4 Å². The largest absolute Gasteiger partial charge is 0.353 e. The van der Waals surface area contributed by atoms with E-state index < -0.39 is 0 Å². The van der Waals surface area contributed by atoms with Gasteiger partial charge in [-0.15, -0.1) is 0 Å². The Labute approximate surface area is 153 Å². The van der Waals surface area contributed by atoms with E-state index in [1.165, 1.54) is 0 Å². The first-order valence-corrected chi connectivity index (χ1v) is 9.26. The number of hydrogen-bond donors (Lipinski definition) is 1. The molecular formula is C18H24Cl2N2O2. The molecule has 0 saturated carbocycles. The van der Waals surface area contributed by atoms with E-state index in [0.29, 0.717) is 28.7 Å². The van der Waals surface area contributed by atoms with Gasteiger partial charge < -0.3 is 10.2 Å². The molecule has 2 amide bonds. The SMILES string of the molecule is CCC(CC)C(=O)NC1CCN(C(=O)c2ccc(Cl)c(Cl)c2)CC1. The molecule has 24 heavy (non-hydrogen) atoms. The van der Waals surface area contributed by atoms with Gasteiger partial charge in [0.25, 0.3) is 5.91 Å². The monoisotopic (exact) mass is 370 g/mol. The lowest BCUT2D eigenvalue weighted by atomic mass is 9.99. The number of rotatable bonds is 5. The zero-order valence-corrected chi connectivity index (χ0v) is 15.7. The Balaban J connectivity index is 1.89. The van der Waals surface area contributed by atoms with Gasteiger partial charge in [0.15, 0.2) is 0 Å². The van der Waals surface area contributed by atoms with Crippen LogP contribution >= 0.6 is 23.2 Å². The lowest BCUT2D eigenvalue weighted by Gasteiger charge is -2.33. The summed E-state index contributed by atoms with van der Waals surface area (Å²) in [5, 5.41) is 3.95. The van der Waals surface area contributed by atoms with Crippen LogP contribution in [0.25, 0.3) is 0 Å². The molecule has 0 aliphatic carbocycles. The minimum Gasteiger partial charge on any atom is -0.353 e. The van der Waals surface area contributed by atoms with Gasteiger partial charge in [0.05, 0.1) is 10.0 Å². The summed E-state index contributed by atoms with van der Waals surface area (Å²) in [6, 6.07) is 5.08. The molecule has 0 unspecified atom stereocenters. The molecule has 132 valence electrons. The minimum absolute atomic E-state index is 0.0432. The van der Waals surface area contributed by atoms with Gasteiger partial charge >= 0.3 is 0 Å². The van der Waals surface area contributed by atoms with Crippen molar-refractivity contribution >= 4 is 35.0 Å². The molecule has 0 aromatic heterocycles. The van der Waals surface area contributed by atoms with Gasteiger partial charge in [-0.25, -0.2) is 0 Å². The lowest BCUT2D eigenvalue weighted by molar-refractivity contribution is -0.126. The molecule has 1 aromatic rings. The highest BCUT2D eigenvalue weighted by atomic mass is 35.5. The number of nitrogens with zero attached hydrogens (tertiary/aromatic N) is 1. The Morgan fingerprint density at radius 1 is 1.17 bits per heavy atom. The second kappa shape index (κ2) is 8.72. The van der Waals surface area contributed by atoms with Crippen molar-refractivity contribution in [2.45, 2.75) is 45.6 Å². The van der Waals surface area contributed by atoms with Crippen LogP contribution in [-0.4, -0.2) is 35.8 Å². The highest BCUT2D eigenvalue weighted by Gasteiger charge is 2.26. The molecule has 1 aliphatic rings. The van der Waals surface area contributed by atoms with Gasteiger partial charge in [-0.1, -0.05) is 37.0 Å². The molecule has 6 heteroatoms. The van der Waals surface area contributed by atoms with Gasteiger partial charge in [0.2, 0.25) is 5.91 Å². The van der Waals surface area contributed by atoms with Crippen molar-refractivity contribution in [3.63, 3.8) is 0 Å². The zero-order valence-electron chi connectivity index (χ0n) is 14.1. The second-order valence-corrected chi connectivity index (χ2v) is 7.03. The third-order valence-electron chi connectivity index (χ3n) is 4.65. The Bertz CT molecular complexity index is 595. The Kier molecular flexibility index (Phi) is 6.93. The molecule has 2 rings (SSSR count). The summed E-state index contributed by atoms with van der Waals surface area (Å²) in [6.45, 7) is 5.33. The molecule has 1 heterocycles. The summed E-state index contributed by atoms with van der Waals surface area (Å²) >= 11 is 11.9. The van der Waals surface area contributed by atoms with Crippen LogP contribution in [0.2, 0.25) is 10.0 Å². The first-order chi connectivity index (χ1) is 11.5. The predicted molar refractivity (Wildman–Crippen MR) is 97.6 cm³/mol. The maximum atomic E-state index is 12.5. The van der Waals surface area contributed by atoms with E-state index in [-0.39, 0.29) is 23.8 Å². The fraction of sp³-hybridized carbons (Fsp3) is 0.556. The van der Waals surface area contributed by atoms with E-state index in [4.69, 9.17) is 23.2 Å². The normalized spacial score (nSPS) is 15.6. The molecule has 1 aliphatic heterocycles. The van der Waals surface area contributed by atoms with E-state index in [9.17, 15) is 9.59 Å². The fourth-order valence-corrected chi connectivity index (χ4v) is 3.32. The maximum absolute atomic E-state index is 12.5. The number of benzene rings is 1. The highest BCUT2D eigenvalue weighted by molar-refractivity contribution is 6.42. The van der Waals surface area contributed by atoms with Crippen molar-refractivity contribution in [2.24, 2.45) is 5.92 Å². The Morgan fingerprint density at radius 3 is 2.33 bits per heavy atom. The molecular weight excluding hydrogens is 347 g/mol. The number of carbonyl (C=O) groups is 2. The van der Waals surface area contributed by atoms with Gasteiger partial charge in [-0.3, -0.25) is 9.59 Å². The Morgan fingerprint density at radius 2 is 1.79 bits per heavy atom. The van der Waals surface area contributed by atoms with Crippen LogP contribution in [0.4, 0.5) is 0 Å². The highest BCUT2D eigenvalue weighted by Crippen LogP contribution is 2.24. The number of halogens is 2. The zero-order chi connectivity index (χ0) is 17.7. The van der Waals surface area contributed by atoms with Crippen LogP contribution in [-0.2, 0) is 4.79 Å². The summed E-state index contributed by atoms with van der Waals surface area (Å²) in [5.41, 5.74) is 0.545. The maximum Gasteiger partial charge on any atom is 0.253 e. The first kappa shape index (κ1) is 19.1. The van der Waals surface area contributed by atoms with Crippen molar-refractivity contribution in [2.75, 3.05) is 13.1 Å². The summed E-state index contributed by atoms with van der Waals surface area (Å²) < 4.78 is 0. The number of carbonyl (C=O) groups excluding carboxylic acids is 2. The molecule has 1 fully saturated rings. The van der Waals surface area contributed by atoms with Gasteiger partial charge in [-0.2, -0.15) is 0 Å². The first-order valence-electron chi connectivity index (χ1n) is 8.50. The third-order valence-corrected chi connectivity index (χ3v) is 5.39. The number of hydrogen-bond acceptors (Lipinski definition) is 2. The number of likely N-dealkylation sites (tertiary alicyclic amines) is 1. The standard InChI is InChI=1S/C18H24Cl2N2O2/c1-3-12(4-2)17(23)21-14-7-9-22(10-8-14)18(24)13-5-6-15(19)16(20)11-13/h5-6,11-12,14H,3-4,7-10H2,1-2H3,(H,21,23). The number of piperidine rings is 1. The molecule has 1 aromatic carbocycles. The molecule has 0 radical (unpaired) electrons. The van der Waals surface area contributed by atoms with E-state index in [2.05, 4.69) is 5.32 Å². The van der Waals surface area contributed by atoms with Crippen molar-refractivity contribution in [3.05, 3.63) is 33.8 Å². The van der Waals surface area contributed by atoms with Crippen LogP contribution in [0, 0.1) is 5.92 Å². The molecule has 0 spiro atoms. The van der Waals surface area contributed by atoms with Gasteiger partial charge in [0, 0.05) is 30.6 Å². The predicted octanol–water partition coefficient (Wildman–Crippen LogP) is 4.15. The average Bonchev–Trinajstić information content (AvgIpc) is 2.58. The molecule has 1 saturated heterocycles. The van der Waals surface area contributed by atoms with Crippen molar-refractivity contribution < 1.29 is 9.59 Å².